The summed E-state index contributed by atoms with van der Waals surface area (Å²) in [7, 11) is 0. The lowest BCUT2D eigenvalue weighted by Crippen LogP contribution is -2.10. The number of benzene rings is 1. The van der Waals surface area contributed by atoms with Crippen molar-refractivity contribution in [2.24, 2.45) is 17.1 Å². The maximum atomic E-state index is 5.84. The third kappa shape index (κ3) is 2.13. The molecule has 1 aliphatic carbocycles. The van der Waals surface area contributed by atoms with Gasteiger partial charge in [0.25, 0.3) is 0 Å². The highest BCUT2D eigenvalue weighted by Crippen LogP contribution is 2.63. The zero-order valence-corrected chi connectivity index (χ0v) is 11.7. The Bertz CT molecular complexity index is 395. The molecule has 2 unspecified atom stereocenters. The molecule has 0 spiro atoms. The van der Waals surface area contributed by atoms with Gasteiger partial charge in [-0.25, -0.2) is 0 Å². The Labute approximate surface area is 105 Å². The van der Waals surface area contributed by atoms with Crippen molar-refractivity contribution in [3.8, 4) is 0 Å². The van der Waals surface area contributed by atoms with E-state index in [-0.39, 0.29) is 5.41 Å². The van der Waals surface area contributed by atoms with Crippen LogP contribution in [0.4, 0.5) is 0 Å². The highest BCUT2D eigenvalue weighted by atomic mass is 14.7. The molecule has 0 amide bonds. The molecule has 94 valence electrons. The molecule has 17 heavy (non-hydrogen) atoms. The second-order valence-electron chi connectivity index (χ2n) is 7.01. The van der Waals surface area contributed by atoms with Crippen LogP contribution >= 0.6 is 0 Å². The van der Waals surface area contributed by atoms with E-state index < -0.39 is 0 Å². The molecule has 0 radical (unpaired) electrons. The first kappa shape index (κ1) is 12.6. The van der Waals surface area contributed by atoms with Gasteiger partial charge < -0.3 is 5.73 Å². The van der Waals surface area contributed by atoms with Gasteiger partial charge in [-0.2, -0.15) is 0 Å². The van der Waals surface area contributed by atoms with Crippen molar-refractivity contribution >= 4 is 0 Å². The first-order valence-corrected chi connectivity index (χ1v) is 6.59. The zero-order chi connectivity index (χ0) is 12.8. The number of hydrogen-bond acceptors (Lipinski definition) is 1. The van der Waals surface area contributed by atoms with Gasteiger partial charge in [0.05, 0.1) is 0 Å². The summed E-state index contributed by atoms with van der Waals surface area (Å²) in [5, 5.41) is 0. The van der Waals surface area contributed by atoms with Gasteiger partial charge >= 0.3 is 0 Å². The van der Waals surface area contributed by atoms with Crippen LogP contribution in [0.1, 0.15) is 51.7 Å². The van der Waals surface area contributed by atoms with Gasteiger partial charge in [0, 0.05) is 0 Å². The lowest BCUT2D eigenvalue weighted by atomic mass is 9.86. The van der Waals surface area contributed by atoms with Crippen molar-refractivity contribution in [2.75, 3.05) is 6.54 Å². The standard InChI is InChI=1S/C16H25N/c1-15(2,3)12-8-6-11(7-9-12)14-13(10-17)16(14,4)5/h6-9,13-14H,10,17H2,1-5H3. The number of rotatable bonds is 2. The fourth-order valence-electron chi connectivity index (χ4n) is 3.04. The Morgan fingerprint density at radius 2 is 1.65 bits per heavy atom. The molecule has 1 heteroatoms. The molecule has 1 aromatic rings. The SMILES string of the molecule is CC(C)(C)c1ccc(C2C(CN)C2(C)C)cc1. The minimum absolute atomic E-state index is 0.241. The molecular formula is C16H25N. The zero-order valence-electron chi connectivity index (χ0n) is 11.7. The third-order valence-electron chi connectivity index (χ3n) is 4.44. The molecule has 2 N–H and O–H groups in total. The second kappa shape index (κ2) is 3.84. The van der Waals surface area contributed by atoms with E-state index in [1.54, 1.807) is 0 Å². The normalized spacial score (nSPS) is 26.9. The average molecular weight is 231 g/mol. The summed E-state index contributed by atoms with van der Waals surface area (Å²) in [6.07, 6.45) is 0. The number of nitrogens with two attached hydrogens (primary N) is 1. The van der Waals surface area contributed by atoms with Gasteiger partial charge in [0.2, 0.25) is 0 Å². The van der Waals surface area contributed by atoms with Gasteiger partial charge in [-0.05, 0) is 40.3 Å². The molecule has 1 nitrogen and oxygen atoms in total. The highest BCUT2D eigenvalue weighted by Gasteiger charge is 2.57. The molecule has 0 aliphatic heterocycles. The smallest absolute Gasteiger partial charge is 0.00375 e. The molecular weight excluding hydrogens is 206 g/mol. The summed E-state index contributed by atoms with van der Waals surface area (Å²) >= 11 is 0. The first-order chi connectivity index (χ1) is 7.78. The van der Waals surface area contributed by atoms with Crippen LogP contribution in [0.3, 0.4) is 0 Å². The van der Waals surface area contributed by atoms with Gasteiger partial charge in [-0.1, -0.05) is 58.9 Å². The Hall–Kier alpha value is -0.820. The largest absolute Gasteiger partial charge is 0.330 e. The van der Waals surface area contributed by atoms with E-state index in [1.807, 2.05) is 0 Å². The van der Waals surface area contributed by atoms with Crippen LogP contribution < -0.4 is 5.73 Å². The molecule has 1 aromatic carbocycles. The molecule has 0 bridgehead atoms. The fraction of sp³-hybridized carbons (Fsp3) is 0.625. The van der Waals surface area contributed by atoms with Crippen LogP contribution in [-0.4, -0.2) is 6.54 Å². The van der Waals surface area contributed by atoms with Gasteiger partial charge in [-0.15, -0.1) is 0 Å². The molecule has 2 atom stereocenters. The van der Waals surface area contributed by atoms with E-state index >= 15 is 0 Å². The second-order valence-corrected chi connectivity index (χ2v) is 7.01. The monoisotopic (exact) mass is 231 g/mol. The lowest BCUT2D eigenvalue weighted by Gasteiger charge is -2.19. The highest BCUT2D eigenvalue weighted by molar-refractivity contribution is 5.35. The van der Waals surface area contributed by atoms with Crippen LogP contribution in [0.25, 0.3) is 0 Å². The van der Waals surface area contributed by atoms with E-state index in [1.165, 1.54) is 11.1 Å². The van der Waals surface area contributed by atoms with Crippen LogP contribution in [0.15, 0.2) is 24.3 Å². The quantitative estimate of drug-likeness (QED) is 0.825. The first-order valence-electron chi connectivity index (χ1n) is 6.59. The summed E-state index contributed by atoms with van der Waals surface area (Å²) in [6, 6.07) is 9.14. The van der Waals surface area contributed by atoms with Crippen molar-refractivity contribution in [3.05, 3.63) is 35.4 Å². The fourth-order valence-corrected chi connectivity index (χ4v) is 3.04. The molecule has 2 rings (SSSR count). The predicted molar refractivity (Wildman–Crippen MR) is 74.2 cm³/mol. The van der Waals surface area contributed by atoms with Crippen molar-refractivity contribution < 1.29 is 0 Å². The number of hydrogen-bond donors (Lipinski definition) is 1. The minimum atomic E-state index is 0.241. The van der Waals surface area contributed by atoms with Gasteiger partial charge in [0.1, 0.15) is 0 Å². The summed E-state index contributed by atoms with van der Waals surface area (Å²) in [6.45, 7) is 12.2. The molecule has 1 saturated carbocycles. The van der Waals surface area contributed by atoms with Crippen LogP contribution in [0, 0.1) is 11.3 Å². The van der Waals surface area contributed by atoms with E-state index in [4.69, 9.17) is 5.73 Å². The van der Waals surface area contributed by atoms with E-state index in [0.717, 1.165) is 6.54 Å². The predicted octanol–water partition coefficient (Wildman–Crippen LogP) is 3.68. The topological polar surface area (TPSA) is 26.0 Å². The summed E-state index contributed by atoms with van der Waals surface area (Å²) in [4.78, 5) is 0. The van der Waals surface area contributed by atoms with Crippen LogP contribution in [-0.2, 0) is 5.41 Å². The summed E-state index contributed by atoms with van der Waals surface area (Å²) in [5.74, 6) is 1.31. The molecule has 1 fully saturated rings. The summed E-state index contributed by atoms with van der Waals surface area (Å²) in [5.41, 5.74) is 9.33. The summed E-state index contributed by atoms with van der Waals surface area (Å²) < 4.78 is 0. The van der Waals surface area contributed by atoms with Crippen molar-refractivity contribution in [1.29, 1.82) is 0 Å². The van der Waals surface area contributed by atoms with Crippen molar-refractivity contribution in [2.45, 2.75) is 46.0 Å². The Kier molecular flexibility index (Phi) is 2.86. The Morgan fingerprint density at radius 1 is 1.12 bits per heavy atom. The van der Waals surface area contributed by atoms with E-state index in [9.17, 15) is 0 Å². The minimum Gasteiger partial charge on any atom is -0.330 e. The van der Waals surface area contributed by atoms with Gasteiger partial charge in [0.15, 0.2) is 0 Å². The molecule has 0 heterocycles. The third-order valence-corrected chi connectivity index (χ3v) is 4.44. The van der Waals surface area contributed by atoms with Crippen LogP contribution in [0.2, 0.25) is 0 Å². The van der Waals surface area contributed by atoms with E-state index in [2.05, 4.69) is 58.9 Å². The van der Waals surface area contributed by atoms with Crippen LogP contribution in [0.5, 0.6) is 0 Å². The van der Waals surface area contributed by atoms with Gasteiger partial charge in [-0.3, -0.25) is 0 Å². The van der Waals surface area contributed by atoms with Crippen molar-refractivity contribution in [3.63, 3.8) is 0 Å². The van der Waals surface area contributed by atoms with Crippen molar-refractivity contribution in [1.82, 2.24) is 0 Å². The maximum Gasteiger partial charge on any atom is -0.00375 e. The lowest BCUT2D eigenvalue weighted by molar-refractivity contribution is 0.558. The average Bonchev–Trinajstić information content (AvgIpc) is 2.79. The maximum absolute atomic E-state index is 5.84. The Morgan fingerprint density at radius 3 is 2.00 bits per heavy atom. The molecule has 0 aromatic heterocycles. The Balaban J connectivity index is 2.21. The molecule has 0 saturated heterocycles. The molecule has 1 aliphatic rings. The van der Waals surface area contributed by atoms with E-state index in [0.29, 0.717) is 17.3 Å².